The van der Waals surface area contributed by atoms with Crippen LogP contribution in [0.4, 0.5) is 13.2 Å². The molecule has 0 bridgehead atoms. The van der Waals surface area contributed by atoms with Crippen molar-refractivity contribution in [3.63, 3.8) is 0 Å². The average Bonchev–Trinajstić information content (AvgIpc) is 2.14. The highest BCUT2D eigenvalue weighted by Gasteiger charge is 2.32. The second-order valence-electron chi connectivity index (χ2n) is 2.58. The van der Waals surface area contributed by atoms with E-state index in [1.807, 2.05) is 0 Å². The van der Waals surface area contributed by atoms with E-state index in [1.165, 1.54) is 18.2 Å². The molecule has 0 N–H and O–H groups in total. The van der Waals surface area contributed by atoms with Gasteiger partial charge in [0.25, 0.3) is 0 Å². The number of carbonyl (C=O) groups excluding carboxylic acids is 1. The topological polar surface area (TPSA) is 17.1 Å². The van der Waals surface area contributed by atoms with Crippen LogP contribution in [0.3, 0.4) is 0 Å². The zero-order valence-electron chi connectivity index (χ0n) is 7.08. The van der Waals surface area contributed by atoms with Gasteiger partial charge in [0.05, 0.1) is 5.56 Å². The fourth-order valence-electron chi connectivity index (χ4n) is 1.04. The van der Waals surface area contributed by atoms with Crippen molar-refractivity contribution in [2.45, 2.75) is 6.18 Å². The Kier molecular flexibility index (Phi) is 3.06. The number of halogens is 3. The first-order valence-corrected chi connectivity index (χ1v) is 3.84. The van der Waals surface area contributed by atoms with Crippen LogP contribution < -0.4 is 0 Å². The third-order valence-corrected chi connectivity index (χ3v) is 1.62. The molecule has 0 aliphatic heterocycles. The predicted octanol–water partition coefficient (Wildman–Crippen LogP) is 2.92. The molecule has 0 radical (unpaired) electrons. The minimum atomic E-state index is -4.39. The number of carbonyl (C=O) groups is 1. The summed E-state index contributed by atoms with van der Waals surface area (Å²) in [6.07, 6.45) is -1.78. The van der Waals surface area contributed by atoms with Gasteiger partial charge in [-0.25, -0.2) is 0 Å². The zero-order chi connectivity index (χ0) is 10.6. The molecule has 0 saturated carbocycles. The SMILES string of the molecule is O=CC=Cc1ccccc1C(F)(F)F. The summed E-state index contributed by atoms with van der Waals surface area (Å²) in [5.41, 5.74) is -0.745. The maximum absolute atomic E-state index is 12.4. The van der Waals surface area contributed by atoms with Crippen molar-refractivity contribution in [1.82, 2.24) is 0 Å². The molecule has 0 saturated heterocycles. The minimum absolute atomic E-state index is 0.00731. The molecule has 14 heavy (non-hydrogen) atoms. The normalized spacial score (nSPS) is 11.9. The minimum Gasteiger partial charge on any atom is -0.299 e. The second kappa shape index (κ2) is 4.09. The van der Waals surface area contributed by atoms with E-state index in [1.54, 1.807) is 0 Å². The highest BCUT2D eigenvalue weighted by Crippen LogP contribution is 2.32. The Balaban J connectivity index is 3.16. The molecule has 0 heterocycles. The highest BCUT2D eigenvalue weighted by atomic mass is 19.4. The zero-order valence-corrected chi connectivity index (χ0v) is 7.08. The molecule has 0 aromatic heterocycles. The van der Waals surface area contributed by atoms with Gasteiger partial charge in [-0.2, -0.15) is 13.2 Å². The van der Waals surface area contributed by atoms with Crippen molar-refractivity contribution in [2.24, 2.45) is 0 Å². The second-order valence-corrected chi connectivity index (χ2v) is 2.58. The van der Waals surface area contributed by atoms with Crippen LogP contribution in [0.2, 0.25) is 0 Å². The monoisotopic (exact) mass is 200 g/mol. The molecule has 74 valence electrons. The van der Waals surface area contributed by atoms with Crippen molar-refractivity contribution >= 4 is 12.4 Å². The summed E-state index contributed by atoms with van der Waals surface area (Å²) in [4.78, 5) is 9.97. The van der Waals surface area contributed by atoms with Crippen LogP contribution in [0.15, 0.2) is 30.3 Å². The van der Waals surface area contributed by atoms with Crippen LogP contribution in [-0.2, 0) is 11.0 Å². The van der Waals surface area contributed by atoms with Gasteiger partial charge in [0.2, 0.25) is 0 Å². The number of rotatable bonds is 2. The van der Waals surface area contributed by atoms with Gasteiger partial charge in [0, 0.05) is 0 Å². The highest BCUT2D eigenvalue weighted by molar-refractivity contribution is 5.74. The summed E-state index contributed by atoms with van der Waals surface area (Å²) < 4.78 is 37.1. The van der Waals surface area contributed by atoms with Gasteiger partial charge < -0.3 is 0 Å². The molecule has 1 nitrogen and oxygen atoms in total. The largest absolute Gasteiger partial charge is 0.416 e. The van der Waals surface area contributed by atoms with Crippen LogP contribution in [-0.4, -0.2) is 6.29 Å². The number of aldehydes is 1. The van der Waals surface area contributed by atoms with Crippen molar-refractivity contribution in [2.75, 3.05) is 0 Å². The standard InChI is InChI=1S/C10H7F3O/c11-10(12,13)9-6-2-1-4-8(9)5-3-7-14/h1-7H. The Bertz CT molecular complexity index is 353. The molecule has 0 spiro atoms. The lowest BCUT2D eigenvalue weighted by atomic mass is 10.1. The summed E-state index contributed by atoms with van der Waals surface area (Å²) in [7, 11) is 0. The quantitative estimate of drug-likeness (QED) is 0.530. The molecule has 0 aliphatic rings. The van der Waals surface area contributed by atoms with Crippen LogP contribution in [0.5, 0.6) is 0 Å². The smallest absolute Gasteiger partial charge is 0.299 e. The molecule has 0 atom stereocenters. The average molecular weight is 200 g/mol. The Hall–Kier alpha value is -1.58. The van der Waals surface area contributed by atoms with Gasteiger partial charge in [-0.3, -0.25) is 4.79 Å². The first-order chi connectivity index (χ1) is 6.55. The Morgan fingerprint density at radius 3 is 2.36 bits per heavy atom. The van der Waals surface area contributed by atoms with Crippen molar-refractivity contribution in [1.29, 1.82) is 0 Å². The molecule has 1 rings (SSSR count). The van der Waals surface area contributed by atoms with Gasteiger partial charge in [-0.05, 0) is 17.7 Å². The lowest BCUT2D eigenvalue weighted by Gasteiger charge is -2.09. The summed E-state index contributed by atoms with van der Waals surface area (Å²) in [5, 5.41) is 0. The first kappa shape index (κ1) is 10.5. The number of alkyl halides is 3. The van der Waals surface area contributed by atoms with Crippen LogP contribution >= 0.6 is 0 Å². The Labute approximate surface area is 78.9 Å². The van der Waals surface area contributed by atoms with Crippen LogP contribution in [0.1, 0.15) is 11.1 Å². The fraction of sp³-hybridized carbons (Fsp3) is 0.100. The number of hydrogen-bond acceptors (Lipinski definition) is 1. The number of benzene rings is 1. The van der Waals surface area contributed by atoms with E-state index < -0.39 is 11.7 Å². The first-order valence-electron chi connectivity index (χ1n) is 3.84. The van der Waals surface area contributed by atoms with E-state index in [2.05, 4.69) is 0 Å². The third kappa shape index (κ3) is 2.45. The summed E-state index contributed by atoms with van der Waals surface area (Å²) in [6, 6.07) is 5.08. The molecule has 0 unspecified atom stereocenters. The molecule has 0 amide bonds. The van der Waals surface area contributed by atoms with Crippen LogP contribution in [0.25, 0.3) is 6.08 Å². The van der Waals surface area contributed by atoms with E-state index in [9.17, 15) is 18.0 Å². The van der Waals surface area contributed by atoms with Crippen molar-refractivity contribution in [3.8, 4) is 0 Å². The van der Waals surface area contributed by atoms with E-state index >= 15 is 0 Å². The maximum Gasteiger partial charge on any atom is 0.416 e. The Morgan fingerprint density at radius 1 is 1.14 bits per heavy atom. The molecular formula is C10H7F3O. The van der Waals surface area contributed by atoms with E-state index in [4.69, 9.17) is 0 Å². The van der Waals surface area contributed by atoms with Gasteiger partial charge in [-0.1, -0.05) is 24.3 Å². The van der Waals surface area contributed by atoms with Gasteiger partial charge >= 0.3 is 6.18 Å². The molecule has 4 heteroatoms. The van der Waals surface area contributed by atoms with Gasteiger partial charge in [-0.15, -0.1) is 0 Å². The molecule has 1 aromatic carbocycles. The molecular weight excluding hydrogens is 193 g/mol. The fourth-order valence-corrected chi connectivity index (χ4v) is 1.04. The van der Waals surface area contributed by atoms with E-state index in [0.29, 0.717) is 6.29 Å². The lowest BCUT2D eigenvalue weighted by Crippen LogP contribution is -2.06. The van der Waals surface area contributed by atoms with E-state index in [0.717, 1.165) is 18.2 Å². The van der Waals surface area contributed by atoms with Gasteiger partial charge in [0.1, 0.15) is 6.29 Å². The lowest BCUT2D eigenvalue weighted by molar-refractivity contribution is -0.137. The third-order valence-electron chi connectivity index (χ3n) is 1.62. The maximum atomic E-state index is 12.4. The summed E-state index contributed by atoms with van der Waals surface area (Å²) in [5.74, 6) is 0. The summed E-state index contributed by atoms with van der Waals surface area (Å²) >= 11 is 0. The Morgan fingerprint density at radius 2 is 1.79 bits per heavy atom. The molecule has 1 aromatic rings. The number of hydrogen-bond donors (Lipinski definition) is 0. The number of allylic oxidation sites excluding steroid dienone is 1. The predicted molar refractivity (Wildman–Crippen MR) is 46.5 cm³/mol. The van der Waals surface area contributed by atoms with Crippen LogP contribution in [0, 0.1) is 0 Å². The van der Waals surface area contributed by atoms with Crippen molar-refractivity contribution < 1.29 is 18.0 Å². The van der Waals surface area contributed by atoms with Crippen molar-refractivity contribution in [3.05, 3.63) is 41.5 Å². The van der Waals surface area contributed by atoms with E-state index in [-0.39, 0.29) is 5.56 Å². The summed E-state index contributed by atoms with van der Waals surface area (Å²) in [6.45, 7) is 0. The molecule has 0 fully saturated rings. The van der Waals surface area contributed by atoms with Gasteiger partial charge in [0.15, 0.2) is 0 Å². The molecule has 0 aliphatic carbocycles.